The lowest BCUT2D eigenvalue weighted by Crippen LogP contribution is -2.47. The topological polar surface area (TPSA) is 21.3 Å². The molecule has 2 nitrogen and oxygen atoms in total. The van der Waals surface area contributed by atoms with Crippen molar-refractivity contribution in [3.8, 4) is 0 Å². The van der Waals surface area contributed by atoms with Crippen LogP contribution in [0.1, 0.15) is 46.5 Å². The molecule has 0 amide bonds. The van der Waals surface area contributed by atoms with E-state index in [4.69, 9.17) is 4.74 Å². The molecule has 2 unspecified atom stereocenters. The number of halogens is 3. The zero-order chi connectivity index (χ0) is 13.8. The Labute approximate surface area is 107 Å². The van der Waals surface area contributed by atoms with Crippen LogP contribution in [0, 0.1) is 5.41 Å². The molecular weight excluding hydrogens is 243 g/mol. The lowest BCUT2D eigenvalue weighted by Gasteiger charge is -2.41. The molecule has 1 saturated carbocycles. The second kappa shape index (κ2) is 6.24. The fraction of sp³-hybridized carbons (Fsp3) is 1.00. The molecule has 18 heavy (non-hydrogen) atoms. The van der Waals surface area contributed by atoms with E-state index in [1.807, 2.05) is 6.92 Å². The second-order valence-corrected chi connectivity index (χ2v) is 5.85. The van der Waals surface area contributed by atoms with E-state index in [-0.39, 0.29) is 24.2 Å². The Morgan fingerprint density at radius 3 is 2.56 bits per heavy atom. The zero-order valence-electron chi connectivity index (χ0n) is 11.4. The van der Waals surface area contributed by atoms with Crippen LogP contribution in [0.25, 0.3) is 0 Å². The van der Waals surface area contributed by atoms with Gasteiger partial charge in [-0.1, -0.05) is 20.8 Å². The van der Waals surface area contributed by atoms with Crippen LogP contribution in [0.5, 0.6) is 0 Å². The highest BCUT2D eigenvalue weighted by Gasteiger charge is 2.36. The maximum atomic E-state index is 12.1. The van der Waals surface area contributed by atoms with Crippen LogP contribution in [-0.2, 0) is 4.74 Å². The smallest absolute Gasteiger partial charge is 0.376 e. The fourth-order valence-electron chi connectivity index (χ4n) is 2.52. The van der Waals surface area contributed by atoms with Gasteiger partial charge in [0.25, 0.3) is 0 Å². The number of alkyl halides is 3. The quantitative estimate of drug-likeness (QED) is 0.823. The van der Waals surface area contributed by atoms with Gasteiger partial charge in [0.1, 0.15) is 0 Å². The summed E-state index contributed by atoms with van der Waals surface area (Å²) in [4.78, 5) is 0. The van der Waals surface area contributed by atoms with Gasteiger partial charge in [-0.05, 0) is 31.2 Å². The highest BCUT2D eigenvalue weighted by Crippen LogP contribution is 2.37. The third-order valence-electron chi connectivity index (χ3n) is 3.52. The van der Waals surface area contributed by atoms with Gasteiger partial charge in [0.15, 0.2) is 0 Å². The van der Waals surface area contributed by atoms with Crippen LogP contribution in [-0.4, -0.2) is 31.5 Å². The van der Waals surface area contributed by atoms with Crippen LogP contribution in [0.4, 0.5) is 13.2 Å². The van der Waals surface area contributed by atoms with Crippen molar-refractivity contribution in [2.45, 2.75) is 64.8 Å². The molecule has 0 bridgehead atoms. The molecule has 0 aromatic carbocycles. The van der Waals surface area contributed by atoms with Crippen molar-refractivity contribution in [1.29, 1.82) is 0 Å². The molecule has 1 rings (SSSR count). The molecule has 108 valence electrons. The molecule has 0 radical (unpaired) electrons. The van der Waals surface area contributed by atoms with Gasteiger partial charge in [0.2, 0.25) is 0 Å². The van der Waals surface area contributed by atoms with E-state index in [9.17, 15) is 13.2 Å². The Kier molecular flexibility index (Phi) is 5.46. The Bertz CT molecular complexity index is 253. The van der Waals surface area contributed by atoms with E-state index in [1.165, 1.54) is 0 Å². The average molecular weight is 267 g/mol. The predicted octanol–water partition coefficient (Wildman–Crippen LogP) is 3.51. The predicted molar refractivity (Wildman–Crippen MR) is 65.5 cm³/mol. The van der Waals surface area contributed by atoms with Crippen molar-refractivity contribution >= 4 is 0 Å². The minimum atomic E-state index is -4.13. The van der Waals surface area contributed by atoms with Crippen LogP contribution in [0.2, 0.25) is 0 Å². The molecule has 0 saturated heterocycles. The lowest BCUT2D eigenvalue weighted by molar-refractivity contribution is -0.153. The molecule has 5 heteroatoms. The molecule has 2 atom stereocenters. The summed E-state index contributed by atoms with van der Waals surface area (Å²) in [5, 5.41) is 3.31. The number of hydrogen-bond acceptors (Lipinski definition) is 2. The molecule has 0 spiro atoms. The minimum Gasteiger partial charge on any atom is -0.376 e. The standard InChI is InChI=1S/C13H24F3NO/c1-4-17-10-5-6-12(2,3)9-11(10)18-8-7-13(14,15)16/h10-11,17H,4-9H2,1-3H3. The van der Waals surface area contributed by atoms with Crippen LogP contribution in [0.15, 0.2) is 0 Å². The molecule has 1 aliphatic rings. The summed E-state index contributed by atoms with van der Waals surface area (Å²) in [5.41, 5.74) is 0.162. The average Bonchev–Trinajstić information content (AvgIpc) is 2.20. The van der Waals surface area contributed by atoms with Gasteiger partial charge in [0, 0.05) is 6.04 Å². The molecule has 0 aliphatic heterocycles. The van der Waals surface area contributed by atoms with Gasteiger partial charge in [0.05, 0.1) is 19.1 Å². The maximum absolute atomic E-state index is 12.1. The summed E-state index contributed by atoms with van der Waals surface area (Å²) in [7, 11) is 0. The number of rotatable bonds is 5. The van der Waals surface area contributed by atoms with Crippen LogP contribution < -0.4 is 5.32 Å². The van der Waals surface area contributed by atoms with Crippen molar-refractivity contribution in [3.63, 3.8) is 0 Å². The summed E-state index contributed by atoms with van der Waals surface area (Å²) in [6.07, 6.45) is -2.21. The summed E-state index contributed by atoms with van der Waals surface area (Å²) >= 11 is 0. The van der Waals surface area contributed by atoms with Crippen LogP contribution >= 0.6 is 0 Å². The van der Waals surface area contributed by atoms with Gasteiger partial charge in [-0.15, -0.1) is 0 Å². The first kappa shape index (κ1) is 15.8. The first-order valence-electron chi connectivity index (χ1n) is 6.65. The maximum Gasteiger partial charge on any atom is 0.391 e. The fourth-order valence-corrected chi connectivity index (χ4v) is 2.52. The number of nitrogens with one attached hydrogen (secondary N) is 1. The van der Waals surface area contributed by atoms with E-state index in [1.54, 1.807) is 0 Å². The molecule has 0 aromatic heterocycles. The molecule has 0 aromatic rings. The van der Waals surface area contributed by atoms with Crippen molar-refractivity contribution < 1.29 is 17.9 Å². The highest BCUT2D eigenvalue weighted by molar-refractivity contribution is 4.89. The number of hydrogen-bond donors (Lipinski definition) is 1. The Morgan fingerprint density at radius 2 is 2.00 bits per heavy atom. The summed E-state index contributed by atoms with van der Waals surface area (Å²) in [6.45, 7) is 6.90. The monoisotopic (exact) mass is 267 g/mol. The molecule has 1 N–H and O–H groups in total. The van der Waals surface area contributed by atoms with Gasteiger partial charge >= 0.3 is 6.18 Å². The zero-order valence-corrected chi connectivity index (χ0v) is 11.4. The van der Waals surface area contributed by atoms with Crippen LogP contribution in [0.3, 0.4) is 0 Å². The van der Waals surface area contributed by atoms with Gasteiger partial charge in [-0.2, -0.15) is 13.2 Å². The summed E-state index contributed by atoms with van der Waals surface area (Å²) in [6, 6.07) is 0.191. The first-order chi connectivity index (χ1) is 8.23. The molecule has 0 heterocycles. The number of ether oxygens (including phenoxy) is 1. The van der Waals surface area contributed by atoms with Crippen molar-refractivity contribution in [2.75, 3.05) is 13.2 Å². The SMILES string of the molecule is CCNC1CCC(C)(C)CC1OCCC(F)(F)F. The second-order valence-electron chi connectivity index (χ2n) is 5.85. The van der Waals surface area contributed by atoms with E-state index < -0.39 is 12.6 Å². The van der Waals surface area contributed by atoms with E-state index in [2.05, 4.69) is 19.2 Å². The largest absolute Gasteiger partial charge is 0.391 e. The Morgan fingerprint density at radius 1 is 1.33 bits per heavy atom. The van der Waals surface area contributed by atoms with E-state index in [0.29, 0.717) is 0 Å². The van der Waals surface area contributed by atoms with Gasteiger partial charge in [-0.25, -0.2) is 0 Å². The third kappa shape index (κ3) is 5.57. The van der Waals surface area contributed by atoms with Crippen molar-refractivity contribution in [3.05, 3.63) is 0 Å². The Hall–Kier alpha value is -0.290. The third-order valence-corrected chi connectivity index (χ3v) is 3.52. The normalized spacial score (nSPS) is 28.3. The molecular formula is C13H24F3NO. The first-order valence-corrected chi connectivity index (χ1v) is 6.65. The number of likely N-dealkylation sites (N-methyl/N-ethyl adjacent to an activating group) is 1. The lowest BCUT2D eigenvalue weighted by atomic mass is 9.74. The van der Waals surface area contributed by atoms with Gasteiger partial charge < -0.3 is 10.1 Å². The van der Waals surface area contributed by atoms with E-state index >= 15 is 0 Å². The van der Waals surface area contributed by atoms with E-state index in [0.717, 1.165) is 25.8 Å². The van der Waals surface area contributed by atoms with Crippen molar-refractivity contribution in [2.24, 2.45) is 5.41 Å². The molecule has 1 fully saturated rings. The van der Waals surface area contributed by atoms with Crippen molar-refractivity contribution in [1.82, 2.24) is 5.32 Å². The Balaban J connectivity index is 2.46. The minimum absolute atomic E-state index is 0.101. The summed E-state index contributed by atoms with van der Waals surface area (Å²) in [5.74, 6) is 0. The van der Waals surface area contributed by atoms with Gasteiger partial charge in [-0.3, -0.25) is 0 Å². The summed E-state index contributed by atoms with van der Waals surface area (Å²) < 4.78 is 41.8. The molecule has 1 aliphatic carbocycles. The highest BCUT2D eigenvalue weighted by atomic mass is 19.4.